The maximum Gasteiger partial charge on any atom is 0.187 e. The molecular weight excluding hydrogens is 366 g/mol. The maximum atomic E-state index is 6.34. The summed E-state index contributed by atoms with van der Waals surface area (Å²) < 4.78 is 7.33. The summed E-state index contributed by atoms with van der Waals surface area (Å²) in [5.74, 6) is 1.47. The van der Waals surface area contributed by atoms with Gasteiger partial charge in [0.25, 0.3) is 0 Å². The highest BCUT2D eigenvalue weighted by Gasteiger charge is 2.25. The van der Waals surface area contributed by atoms with Crippen LogP contribution in [0.4, 0.5) is 0 Å². The summed E-state index contributed by atoms with van der Waals surface area (Å²) in [6.45, 7) is 1.55. The van der Waals surface area contributed by atoms with E-state index in [1.807, 2.05) is 58.1 Å². The van der Waals surface area contributed by atoms with E-state index in [0.717, 1.165) is 47.4 Å². The summed E-state index contributed by atoms with van der Waals surface area (Å²) in [5, 5.41) is 11.7. The van der Waals surface area contributed by atoms with Crippen molar-refractivity contribution in [2.75, 3.05) is 20.3 Å². The number of hydrogen-bond acceptors (Lipinski definition) is 6. The Morgan fingerprint density at radius 2 is 2.00 bits per heavy atom. The monoisotopic (exact) mass is 389 g/mol. The van der Waals surface area contributed by atoms with Crippen molar-refractivity contribution in [1.29, 1.82) is 0 Å². The molecule has 0 amide bonds. The normalized spacial score (nSPS) is 17.8. The first-order valence-corrected chi connectivity index (χ1v) is 9.97. The molecule has 1 aromatic carbocycles. The molecule has 29 heavy (non-hydrogen) atoms. The zero-order chi connectivity index (χ0) is 19.6. The van der Waals surface area contributed by atoms with Gasteiger partial charge in [-0.15, -0.1) is 15.3 Å². The topological polar surface area (TPSA) is 64.8 Å². The molecule has 1 atom stereocenters. The van der Waals surface area contributed by atoms with Gasteiger partial charge < -0.3 is 9.57 Å². The minimum Gasteiger partial charge on any atom is -0.403 e. The number of hydrogen-bond donors (Lipinski definition) is 0. The molecule has 0 bridgehead atoms. The Morgan fingerprint density at radius 3 is 2.93 bits per heavy atom. The number of para-hydroxylation sites is 1. The lowest BCUT2D eigenvalue weighted by Gasteiger charge is -2.34. The number of nitrogens with zero attached hydrogens (tertiary/aromatic N) is 5. The quantitative estimate of drug-likeness (QED) is 0.518. The summed E-state index contributed by atoms with van der Waals surface area (Å²) in [4.78, 5) is 11.2. The zero-order valence-corrected chi connectivity index (χ0v) is 16.4. The van der Waals surface area contributed by atoms with Crippen molar-refractivity contribution in [3.63, 3.8) is 0 Å². The smallest absolute Gasteiger partial charge is 0.187 e. The zero-order valence-electron chi connectivity index (χ0n) is 16.4. The number of methoxy groups -OCH3 is 1. The summed E-state index contributed by atoms with van der Waals surface area (Å²) in [7, 11) is 1.74. The Hall–Kier alpha value is -3.03. The third-order valence-electron chi connectivity index (χ3n) is 5.37. The SMILES string of the molecule is COC[C@@H]1CCCCN1Oc1cccc2ccc(-c3nnc4ccccn34)nc12. The van der Waals surface area contributed by atoms with Gasteiger partial charge in [-0.1, -0.05) is 30.7 Å². The van der Waals surface area contributed by atoms with E-state index < -0.39 is 0 Å². The van der Waals surface area contributed by atoms with Crippen LogP contribution in [0.25, 0.3) is 28.1 Å². The lowest BCUT2D eigenvalue weighted by molar-refractivity contribution is -0.127. The molecule has 148 valence electrons. The van der Waals surface area contributed by atoms with Crippen molar-refractivity contribution in [1.82, 2.24) is 24.6 Å². The van der Waals surface area contributed by atoms with Crippen LogP contribution in [0.1, 0.15) is 19.3 Å². The molecule has 4 aromatic rings. The second kappa shape index (κ2) is 7.77. The number of hydroxylamine groups is 2. The van der Waals surface area contributed by atoms with Crippen molar-refractivity contribution in [3.05, 3.63) is 54.7 Å². The second-order valence-corrected chi connectivity index (χ2v) is 7.31. The average Bonchev–Trinajstić information content (AvgIpc) is 3.19. The lowest BCUT2D eigenvalue weighted by atomic mass is 10.1. The fourth-order valence-electron chi connectivity index (χ4n) is 3.91. The van der Waals surface area contributed by atoms with Crippen molar-refractivity contribution >= 4 is 16.6 Å². The largest absolute Gasteiger partial charge is 0.403 e. The van der Waals surface area contributed by atoms with Gasteiger partial charge in [-0.25, -0.2) is 4.98 Å². The predicted molar refractivity (Wildman–Crippen MR) is 111 cm³/mol. The molecule has 5 rings (SSSR count). The molecule has 1 fully saturated rings. The number of ether oxygens (including phenoxy) is 1. The fourth-order valence-corrected chi connectivity index (χ4v) is 3.91. The van der Waals surface area contributed by atoms with E-state index in [4.69, 9.17) is 14.6 Å². The summed E-state index contributed by atoms with van der Waals surface area (Å²) in [5.41, 5.74) is 2.38. The molecule has 4 heterocycles. The lowest BCUT2D eigenvalue weighted by Crippen LogP contribution is -2.44. The minimum absolute atomic E-state index is 0.257. The van der Waals surface area contributed by atoms with Crippen molar-refractivity contribution < 1.29 is 9.57 Å². The molecule has 0 aliphatic carbocycles. The third kappa shape index (κ3) is 3.43. The van der Waals surface area contributed by atoms with Crippen LogP contribution in [0.5, 0.6) is 5.75 Å². The van der Waals surface area contributed by atoms with Gasteiger partial charge >= 0.3 is 0 Å². The van der Waals surface area contributed by atoms with Crippen LogP contribution >= 0.6 is 0 Å². The van der Waals surface area contributed by atoms with E-state index in [0.29, 0.717) is 12.4 Å². The fraction of sp³-hybridized carbons (Fsp3) is 0.318. The highest BCUT2D eigenvalue weighted by Crippen LogP contribution is 2.29. The Kier molecular flexibility index (Phi) is 4.83. The van der Waals surface area contributed by atoms with Gasteiger partial charge in [0, 0.05) is 25.2 Å². The van der Waals surface area contributed by atoms with Crippen molar-refractivity contribution in [2.45, 2.75) is 25.3 Å². The van der Waals surface area contributed by atoms with E-state index in [1.54, 1.807) is 7.11 Å². The molecule has 0 N–H and O–H groups in total. The van der Waals surface area contributed by atoms with E-state index in [2.05, 4.69) is 16.3 Å². The highest BCUT2D eigenvalue weighted by atomic mass is 16.7. The first-order chi connectivity index (χ1) is 14.3. The van der Waals surface area contributed by atoms with Crippen LogP contribution in [0, 0.1) is 0 Å². The average molecular weight is 389 g/mol. The number of fused-ring (bicyclic) bond motifs is 2. The van der Waals surface area contributed by atoms with Crippen LogP contribution in [-0.4, -0.2) is 50.9 Å². The van der Waals surface area contributed by atoms with Gasteiger partial charge in [0.1, 0.15) is 11.2 Å². The number of piperidine rings is 1. The first-order valence-electron chi connectivity index (χ1n) is 9.97. The van der Waals surface area contributed by atoms with E-state index in [9.17, 15) is 0 Å². The van der Waals surface area contributed by atoms with Crippen LogP contribution < -0.4 is 4.84 Å². The Balaban J connectivity index is 1.54. The van der Waals surface area contributed by atoms with E-state index >= 15 is 0 Å². The molecule has 0 radical (unpaired) electrons. The number of benzene rings is 1. The standard InChI is InChI=1S/C22H23N5O2/c1-28-15-17-8-2-5-14-27(17)29-19-9-6-7-16-11-12-18(23-21(16)19)22-25-24-20-10-3-4-13-26(20)22/h3-4,6-7,9-13,17H,2,5,8,14-15H2,1H3/t17-/m0/s1. The van der Waals surface area contributed by atoms with Gasteiger partial charge in [-0.3, -0.25) is 4.40 Å². The van der Waals surface area contributed by atoms with Crippen LogP contribution in [-0.2, 0) is 4.74 Å². The molecule has 1 aliphatic heterocycles. The summed E-state index contributed by atoms with van der Waals surface area (Å²) in [6, 6.07) is 16.1. The molecular formula is C22H23N5O2. The molecule has 3 aromatic heterocycles. The minimum atomic E-state index is 0.257. The van der Waals surface area contributed by atoms with E-state index in [1.165, 1.54) is 6.42 Å². The summed E-state index contributed by atoms with van der Waals surface area (Å²) >= 11 is 0. The summed E-state index contributed by atoms with van der Waals surface area (Å²) in [6.07, 6.45) is 5.34. The Bertz CT molecular complexity index is 1140. The molecule has 0 unspecified atom stereocenters. The molecule has 0 spiro atoms. The van der Waals surface area contributed by atoms with E-state index in [-0.39, 0.29) is 6.04 Å². The van der Waals surface area contributed by atoms with Gasteiger partial charge in [0.2, 0.25) is 0 Å². The molecule has 7 heteroatoms. The van der Waals surface area contributed by atoms with Crippen LogP contribution in [0.2, 0.25) is 0 Å². The van der Waals surface area contributed by atoms with Crippen molar-refractivity contribution in [2.24, 2.45) is 0 Å². The van der Waals surface area contributed by atoms with Crippen LogP contribution in [0.3, 0.4) is 0 Å². The number of pyridine rings is 2. The maximum absolute atomic E-state index is 6.34. The molecule has 1 aliphatic rings. The van der Waals surface area contributed by atoms with Gasteiger partial charge in [-0.2, -0.15) is 0 Å². The number of aromatic nitrogens is 4. The number of rotatable bonds is 5. The van der Waals surface area contributed by atoms with Gasteiger partial charge in [0.05, 0.1) is 12.6 Å². The third-order valence-corrected chi connectivity index (χ3v) is 5.37. The Morgan fingerprint density at radius 1 is 1.03 bits per heavy atom. The highest BCUT2D eigenvalue weighted by molar-refractivity contribution is 5.86. The van der Waals surface area contributed by atoms with Crippen LogP contribution in [0.15, 0.2) is 54.7 Å². The van der Waals surface area contributed by atoms with Crippen molar-refractivity contribution in [3.8, 4) is 17.3 Å². The predicted octanol–water partition coefficient (Wildman–Crippen LogP) is 3.74. The molecule has 7 nitrogen and oxygen atoms in total. The molecule has 1 saturated heterocycles. The Labute approximate surface area is 168 Å². The van der Waals surface area contributed by atoms with Gasteiger partial charge in [-0.05, 0) is 37.1 Å². The second-order valence-electron chi connectivity index (χ2n) is 7.31. The first kappa shape index (κ1) is 18.0. The molecule has 0 saturated carbocycles. The van der Waals surface area contributed by atoms with Gasteiger partial charge in [0.15, 0.2) is 17.2 Å².